The Hall–Kier alpha value is -1.55. The van der Waals surface area contributed by atoms with Gasteiger partial charge < -0.3 is 5.32 Å². The largest absolute Gasteiger partial charge is 0.353 e. The van der Waals surface area contributed by atoms with Crippen molar-refractivity contribution in [2.45, 2.75) is 19.3 Å². The first-order valence-electron chi connectivity index (χ1n) is 6.05. The Morgan fingerprint density at radius 1 is 1.39 bits per heavy atom. The van der Waals surface area contributed by atoms with Crippen LogP contribution in [0.3, 0.4) is 0 Å². The predicted octanol–water partition coefficient (Wildman–Crippen LogP) is 1.87. The molecule has 1 aromatic rings. The number of rotatable bonds is 1. The number of guanidine groups is 1. The lowest BCUT2D eigenvalue weighted by molar-refractivity contribution is 0.828. The van der Waals surface area contributed by atoms with Gasteiger partial charge in [0.25, 0.3) is 0 Å². The maximum atomic E-state index is 4.47. The average Bonchev–Trinajstić information content (AvgIpc) is 2.96. The van der Waals surface area contributed by atoms with Gasteiger partial charge in [0.1, 0.15) is 0 Å². The highest BCUT2D eigenvalue weighted by atomic mass is 35.5. The first-order valence-corrected chi connectivity index (χ1v) is 6.05. The topological polar surface area (TPSA) is 48.8 Å². The highest BCUT2D eigenvalue weighted by Crippen LogP contribution is 2.32. The molecule has 1 aliphatic carbocycles. The van der Waals surface area contributed by atoms with Gasteiger partial charge in [0.05, 0.1) is 12.3 Å². The molecule has 0 fully saturated rings. The van der Waals surface area contributed by atoms with Gasteiger partial charge in [0.15, 0.2) is 0 Å². The number of hydrazone groups is 1. The number of aliphatic imine (C=N–C) groups is 1. The second-order valence-corrected chi connectivity index (χ2v) is 4.52. The number of nitrogens with zero attached hydrogens (tertiary/aromatic N) is 2. The summed E-state index contributed by atoms with van der Waals surface area (Å²) in [4.78, 5) is 4.26. The molecule has 2 N–H and O–H groups in total. The van der Waals surface area contributed by atoms with Crippen molar-refractivity contribution >= 4 is 24.1 Å². The van der Waals surface area contributed by atoms with Gasteiger partial charge >= 0.3 is 0 Å². The molecule has 0 amide bonds. The standard InChI is InChI=1S/C13H16N4.ClH/c1-9-8-12(11-5-3-2-4-10(9)11)16-17-13-14-6-7-15-13;/h2-5,9H,6-8H2,1H3,(H2,14,15,17);1H. The molecule has 1 aromatic carbocycles. The van der Waals surface area contributed by atoms with E-state index < -0.39 is 0 Å². The highest BCUT2D eigenvalue weighted by Gasteiger charge is 2.23. The summed E-state index contributed by atoms with van der Waals surface area (Å²) in [7, 11) is 0. The van der Waals surface area contributed by atoms with Gasteiger partial charge in [-0.05, 0) is 17.9 Å². The van der Waals surface area contributed by atoms with E-state index in [9.17, 15) is 0 Å². The molecule has 1 unspecified atom stereocenters. The Balaban J connectivity index is 0.00000120. The van der Waals surface area contributed by atoms with Gasteiger partial charge in [0, 0.05) is 12.1 Å². The van der Waals surface area contributed by atoms with Gasteiger partial charge in [-0.25, -0.2) is 10.4 Å². The summed E-state index contributed by atoms with van der Waals surface area (Å²) in [6.07, 6.45) is 1.000. The third-order valence-electron chi connectivity index (χ3n) is 3.27. The van der Waals surface area contributed by atoms with Crippen molar-refractivity contribution in [2.75, 3.05) is 13.1 Å². The third-order valence-corrected chi connectivity index (χ3v) is 3.27. The minimum atomic E-state index is 0. The fraction of sp³-hybridized carbons (Fsp3) is 0.385. The van der Waals surface area contributed by atoms with Gasteiger partial charge in [-0.1, -0.05) is 31.2 Å². The van der Waals surface area contributed by atoms with Crippen LogP contribution in [0.2, 0.25) is 0 Å². The molecule has 4 nitrogen and oxygen atoms in total. The van der Waals surface area contributed by atoms with Gasteiger partial charge in [0.2, 0.25) is 5.96 Å². The van der Waals surface area contributed by atoms with Crippen molar-refractivity contribution in [3.63, 3.8) is 0 Å². The van der Waals surface area contributed by atoms with Crippen molar-refractivity contribution in [1.29, 1.82) is 0 Å². The summed E-state index contributed by atoms with van der Waals surface area (Å²) in [5, 5.41) is 7.62. The normalized spacial score (nSPS) is 23.1. The molecule has 0 spiro atoms. The third kappa shape index (κ3) is 2.34. The van der Waals surface area contributed by atoms with Crippen LogP contribution < -0.4 is 10.7 Å². The smallest absolute Gasteiger partial charge is 0.212 e. The molecule has 1 aliphatic heterocycles. The molecule has 0 radical (unpaired) electrons. The maximum Gasteiger partial charge on any atom is 0.212 e. The molecule has 1 heterocycles. The minimum absolute atomic E-state index is 0. The van der Waals surface area contributed by atoms with E-state index >= 15 is 0 Å². The van der Waals surface area contributed by atoms with Crippen LogP contribution in [0.25, 0.3) is 0 Å². The van der Waals surface area contributed by atoms with E-state index in [-0.39, 0.29) is 12.4 Å². The van der Waals surface area contributed by atoms with E-state index in [1.54, 1.807) is 0 Å². The van der Waals surface area contributed by atoms with E-state index in [0.717, 1.165) is 31.2 Å². The zero-order valence-corrected chi connectivity index (χ0v) is 11.1. The van der Waals surface area contributed by atoms with Crippen molar-refractivity contribution in [2.24, 2.45) is 10.1 Å². The summed E-state index contributed by atoms with van der Waals surface area (Å²) in [5.74, 6) is 1.35. The summed E-state index contributed by atoms with van der Waals surface area (Å²) in [5.41, 5.74) is 6.81. The molecular weight excluding hydrogens is 248 g/mol. The van der Waals surface area contributed by atoms with Crippen molar-refractivity contribution in [1.82, 2.24) is 10.7 Å². The molecule has 0 bridgehead atoms. The molecule has 3 rings (SSSR count). The SMILES string of the molecule is CC1CC(=NNC2=NCCN2)c2ccccc21.Cl. The van der Waals surface area contributed by atoms with E-state index in [1.807, 2.05) is 0 Å². The van der Waals surface area contributed by atoms with Crippen LogP contribution in [0.15, 0.2) is 34.4 Å². The molecule has 2 aliphatic rings. The second-order valence-electron chi connectivity index (χ2n) is 4.52. The molecule has 0 saturated heterocycles. The van der Waals surface area contributed by atoms with Crippen LogP contribution in [0.5, 0.6) is 0 Å². The average molecular weight is 265 g/mol. The Kier molecular flexibility index (Phi) is 3.87. The van der Waals surface area contributed by atoms with Crippen LogP contribution in [0.1, 0.15) is 30.4 Å². The number of fused-ring (bicyclic) bond motifs is 1. The lowest BCUT2D eigenvalue weighted by Crippen LogP contribution is -2.30. The summed E-state index contributed by atoms with van der Waals surface area (Å²) < 4.78 is 0. The van der Waals surface area contributed by atoms with Crippen molar-refractivity contribution in [3.05, 3.63) is 35.4 Å². The minimum Gasteiger partial charge on any atom is -0.353 e. The van der Waals surface area contributed by atoms with E-state index in [2.05, 4.69) is 52.0 Å². The molecule has 0 saturated carbocycles. The first-order chi connectivity index (χ1) is 8.34. The van der Waals surface area contributed by atoms with Crippen LogP contribution in [-0.4, -0.2) is 24.8 Å². The Morgan fingerprint density at radius 2 is 2.22 bits per heavy atom. The van der Waals surface area contributed by atoms with Crippen LogP contribution in [0.4, 0.5) is 0 Å². The fourth-order valence-corrected chi connectivity index (χ4v) is 2.40. The highest BCUT2D eigenvalue weighted by molar-refractivity contribution is 6.05. The van der Waals surface area contributed by atoms with Crippen molar-refractivity contribution in [3.8, 4) is 0 Å². The number of halogens is 1. The quantitative estimate of drug-likeness (QED) is 0.761. The molecule has 96 valence electrons. The maximum absolute atomic E-state index is 4.47. The zero-order chi connectivity index (χ0) is 11.7. The van der Waals surface area contributed by atoms with Gasteiger partial charge in [-0.3, -0.25) is 0 Å². The van der Waals surface area contributed by atoms with Gasteiger partial charge in [-0.2, -0.15) is 5.10 Å². The van der Waals surface area contributed by atoms with Crippen LogP contribution in [-0.2, 0) is 0 Å². The number of hydrogen-bond donors (Lipinski definition) is 2. The van der Waals surface area contributed by atoms with E-state index in [4.69, 9.17) is 0 Å². The number of benzene rings is 1. The molecule has 18 heavy (non-hydrogen) atoms. The van der Waals surface area contributed by atoms with Crippen molar-refractivity contribution < 1.29 is 0 Å². The van der Waals surface area contributed by atoms with Crippen LogP contribution >= 0.6 is 12.4 Å². The monoisotopic (exact) mass is 264 g/mol. The molecular formula is C13H17ClN4. The Labute approximate surface area is 113 Å². The number of nitrogens with one attached hydrogen (secondary N) is 2. The van der Waals surface area contributed by atoms with E-state index in [0.29, 0.717) is 5.92 Å². The van der Waals surface area contributed by atoms with E-state index in [1.165, 1.54) is 11.1 Å². The second kappa shape index (κ2) is 5.40. The molecule has 1 atom stereocenters. The predicted molar refractivity (Wildman–Crippen MR) is 76.7 cm³/mol. The first kappa shape index (κ1) is 12.9. The summed E-state index contributed by atoms with van der Waals surface area (Å²) in [6, 6.07) is 8.49. The lowest BCUT2D eigenvalue weighted by Gasteiger charge is -2.02. The molecule has 5 heteroatoms. The summed E-state index contributed by atoms with van der Waals surface area (Å²) in [6.45, 7) is 3.98. The lowest BCUT2D eigenvalue weighted by atomic mass is 10.0. The molecule has 0 aromatic heterocycles. The Bertz CT molecular complexity index is 496. The Morgan fingerprint density at radius 3 is 3.00 bits per heavy atom. The van der Waals surface area contributed by atoms with Crippen LogP contribution in [0, 0.1) is 0 Å². The fourth-order valence-electron chi connectivity index (χ4n) is 2.40. The number of hydrogen-bond acceptors (Lipinski definition) is 4. The van der Waals surface area contributed by atoms with Gasteiger partial charge in [-0.15, -0.1) is 12.4 Å². The summed E-state index contributed by atoms with van der Waals surface area (Å²) >= 11 is 0. The zero-order valence-electron chi connectivity index (χ0n) is 10.3.